The maximum Gasteiger partial charge on any atom is 0.471 e. The minimum Gasteiger partial charge on any atom is -0.338 e. The van der Waals surface area contributed by atoms with Crippen LogP contribution in [-0.4, -0.2) is 34.0 Å². The Morgan fingerprint density at radius 3 is 2.59 bits per heavy atom. The zero-order valence-electron chi connectivity index (χ0n) is 8.59. The maximum atomic E-state index is 12.1. The molecule has 0 fully saturated rings. The summed E-state index contributed by atoms with van der Waals surface area (Å²) >= 11 is 4.61. The molecule has 1 aromatic rings. The fourth-order valence-electron chi connectivity index (χ4n) is 1.10. The molecule has 0 atom stereocenters. The van der Waals surface area contributed by atoms with Gasteiger partial charge in [0.25, 0.3) is 5.56 Å². The summed E-state index contributed by atoms with van der Waals surface area (Å²) in [5, 5.41) is 0. The highest BCUT2D eigenvalue weighted by atomic mass is 32.1. The van der Waals surface area contributed by atoms with Gasteiger partial charge in [-0.3, -0.25) is 14.6 Å². The Labute approximate surface area is 98.3 Å². The molecule has 0 bridgehead atoms. The van der Waals surface area contributed by atoms with Gasteiger partial charge in [0.15, 0.2) is 4.77 Å². The zero-order chi connectivity index (χ0) is 13.2. The van der Waals surface area contributed by atoms with Crippen molar-refractivity contribution in [1.82, 2.24) is 14.9 Å². The fourth-order valence-corrected chi connectivity index (χ4v) is 1.25. The molecule has 0 radical (unpaired) electrons. The molecular weight excluding hydrogens is 259 g/mol. The van der Waals surface area contributed by atoms with Gasteiger partial charge in [-0.1, -0.05) is 0 Å². The van der Waals surface area contributed by atoms with Gasteiger partial charge >= 0.3 is 12.1 Å². The van der Waals surface area contributed by atoms with Gasteiger partial charge in [-0.2, -0.15) is 13.2 Å². The molecule has 5 nitrogen and oxygen atoms in total. The number of aromatic amines is 2. The van der Waals surface area contributed by atoms with Crippen molar-refractivity contribution >= 4 is 18.1 Å². The van der Waals surface area contributed by atoms with Crippen molar-refractivity contribution < 1.29 is 18.0 Å². The van der Waals surface area contributed by atoms with Crippen LogP contribution in [0.2, 0.25) is 0 Å². The summed E-state index contributed by atoms with van der Waals surface area (Å²) in [5.41, 5.74) is -0.644. The molecule has 1 aromatic heterocycles. The van der Waals surface area contributed by atoms with E-state index in [0.29, 0.717) is 4.90 Å². The summed E-state index contributed by atoms with van der Waals surface area (Å²) in [6.45, 7) is -0.459. The first-order valence-corrected chi connectivity index (χ1v) is 4.76. The molecule has 0 unspecified atom stereocenters. The van der Waals surface area contributed by atoms with E-state index in [4.69, 9.17) is 0 Å². The Kier molecular flexibility index (Phi) is 3.71. The molecule has 1 rings (SSSR count). The van der Waals surface area contributed by atoms with Crippen LogP contribution in [0.15, 0.2) is 11.0 Å². The molecule has 17 heavy (non-hydrogen) atoms. The van der Waals surface area contributed by atoms with Crippen LogP contribution >= 0.6 is 12.2 Å². The number of amides is 1. The highest BCUT2D eigenvalue weighted by Gasteiger charge is 2.41. The SMILES string of the molecule is CN(Cc1c[nH]c(=S)[nH]c1=O)C(=O)C(F)(F)F. The van der Waals surface area contributed by atoms with Crippen LogP contribution in [0.3, 0.4) is 0 Å². The van der Waals surface area contributed by atoms with Gasteiger partial charge < -0.3 is 9.88 Å². The molecule has 0 saturated carbocycles. The minimum absolute atomic E-state index is 0.0151. The number of hydrogen-bond donors (Lipinski definition) is 2. The largest absolute Gasteiger partial charge is 0.471 e. The number of hydrogen-bond acceptors (Lipinski definition) is 3. The average Bonchev–Trinajstić information content (AvgIpc) is 2.19. The van der Waals surface area contributed by atoms with Crippen LogP contribution in [0.4, 0.5) is 13.2 Å². The number of carbonyl (C=O) groups is 1. The Balaban J connectivity index is 2.89. The summed E-state index contributed by atoms with van der Waals surface area (Å²) in [4.78, 5) is 27.2. The van der Waals surface area contributed by atoms with E-state index in [2.05, 4.69) is 22.2 Å². The molecule has 0 aliphatic heterocycles. The Morgan fingerprint density at radius 2 is 2.12 bits per heavy atom. The summed E-state index contributed by atoms with van der Waals surface area (Å²) in [6, 6.07) is 0. The second kappa shape index (κ2) is 4.70. The van der Waals surface area contributed by atoms with E-state index < -0.39 is 24.2 Å². The molecule has 0 aromatic carbocycles. The molecule has 9 heteroatoms. The van der Waals surface area contributed by atoms with Crippen LogP contribution in [0.5, 0.6) is 0 Å². The van der Waals surface area contributed by atoms with Crippen LogP contribution in [0.1, 0.15) is 5.56 Å². The first-order valence-electron chi connectivity index (χ1n) is 4.35. The van der Waals surface area contributed by atoms with Gasteiger partial charge in [0.05, 0.1) is 12.1 Å². The number of nitrogens with zero attached hydrogens (tertiary/aromatic N) is 1. The predicted octanol–water partition coefficient (Wildman–Crippen LogP) is 0.953. The lowest BCUT2D eigenvalue weighted by molar-refractivity contribution is -0.184. The molecule has 1 amide bonds. The number of aromatic nitrogens is 2. The third kappa shape index (κ3) is 3.41. The maximum absolute atomic E-state index is 12.1. The van der Waals surface area contributed by atoms with E-state index in [9.17, 15) is 22.8 Å². The summed E-state index contributed by atoms with van der Waals surface area (Å²) < 4.78 is 36.3. The first kappa shape index (κ1) is 13.4. The van der Waals surface area contributed by atoms with E-state index in [1.807, 2.05) is 0 Å². The van der Waals surface area contributed by atoms with Gasteiger partial charge in [0.1, 0.15) is 0 Å². The topological polar surface area (TPSA) is 69.0 Å². The molecule has 0 aliphatic rings. The minimum atomic E-state index is -4.96. The van der Waals surface area contributed by atoms with Crippen molar-refractivity contribution in [3.05, 3.63) is 26.9 Å². The monoisotopic (exact) mass is 267 g/mol. The molecule has 94 valence electrons. The number of halogens is 3. The van der Waals surface area contributed by atoms with Gasteiger partial charge in [-0.25, -0.2) is 0 Å². The predicted molar refractivity (Wildman–Crippen MR) is 54.8 cm³/mol. The molecular formula is C8H8F3N3O2S. The lowest BCUT2D eigenvalue weighted by atomic mass is 10.3. The number of carbonyl (C=O) groups excluding carboxylic acids is 1. The Morgan fingerprint density at radius 1 is 1.53 bits per heavy atom. The third-order valence-electron chi connectivity index (χ3n) is 1.89. The molecule has 0 spiro atoms. The van der Waals surface area contributed by atoms with E-state index in [1.54, 1.807) is 0 Å². The number of rotatable bonds is 2. The quantitative estimate of drug-likeness (QED) is 0.784. The average molecular weight is 267 g/mol. The van der Waals surface area contributed by atoms with Crippen LogP contribution in [0, 0.1) is 4.77 Å². The smallest absolute Gasteiger partial charge is 0.338 e. The van der Waals surface area contributed by atoms with Crippen molar-refractivity contribution in [1.29, 1.82) is 0 Å². The Hall–Kier alpha value is -1.64. The molecule has 1 heterocycles. The lowest BCUT2D eigenvalue weighted by Crippen LogP contribution is -2.39. The molecule has 0 aliphatic carbocycles. The summed E-state index contributed by atoms with van der Waals surface area (Å²) in [7, 11) is 0.955. The lowest BCUT2D eigenvalue weighted by Gasteiger charge is -2.17. The van der Waals surface area contributed by atoms with Gasteiger partial charge in [0.2, 0.25) is 0 Å². The summed E-state index contributed by atoms with van der Waals surface area (Å²) in [5.74, 6) is -2.01. The third-order valence-corrected chi connectivity index (χ3v) is 2.11. The van der Waals surface area contributed by atoms with E-state index in [0.717, 1.165) is 7.05 Å². The number of nitrogens with one attached hydrogen (secondary N) is 2. The molecule has 2 N–H and O–H groups in total. The number of H-pyrrole nitrogens is 2. The second-order valence-electron chi connectivity index (χ2n) is 3.26. The number of alkyl halides is 3. The first-order chi connectivity index (χ1) is 7.71. The van der Waals surface area contributed by atoms with Crippen molar-refractivity contribution in [2.45, 2.75) is 12.7 Å². The Bertz CT molecular complexity index is 534. The molecule has 0 saturated heterocycles. The zero-order valence-corrected chi connectivity index (χ0v) is 9.41. The van der Waals surface area contributed by atoms with Crippen LogP contribution in [0.25, 0.3) is 0 Å². The van der Waals surface area contributed by atoms with E-state index in [1.165, 1.54) is 6.20 Å². The van der Waals surface area contributed by atoms with Gasteiger partial charge in [-0.15, -0.1) is 0 Å². The second-order valence-corrected chi connectivity index (χ2v) is 3.66. The normalized spacial score (nSPS) is 11.3. The standard InChI is InChI=1S/C8H8F3N3O2S/c1-14(6(16)8(9,10)11)3-4-2-12-7(17)13-5(4)15/h2H,3H2,1H3,(H2,12,13,15,17). The van der Waals surface area contributed by atoms with Gasteiger partial charge in [0, 0.05) is 13.2 Å². The van der Waals surface area contributed by atoms with E-state index in [-0.39, 0.29) is 10.3 Å². The van der Waals surface area contributed by atoms with Crippen molar-refractivity contribution in [3.63, 3.8) is 0 Å². The van der Waals surface area contributed by atoms with E-state index >= 15 is 0 Å². The van der Waals surface area contributed by atoms with Crippen LogP contribution in [-0.2, 0) is 11.3 Å². The summed E-state index contributed by atoms with van der Waals surface area (Å²) in [6.07, 6.45) is -3.79. The fraction of sp³-hybridized carbons (Fsp3) is 0.375. The van der Waals surface area contributed by atoms with Crippen molar-refractivity contribution in [2.24, 2.45) is 0 Å². The van der Waals surface area contributed by atoms with Crippen molar-refractivity contribution in [3.8, 4) is 0 Å². The van der Waals surface area contributed by atoms with Crippen LogP contribution < -0.4 is 5.56 Å². The highest BCUT2D eigenvalue weighted by Crippen LogP contribution is 2.18. The highest BCUT2D eigenvalue weighted by molar-refractivity contribution is 7.71. The van der Waals surface area contributed by atoms with Crippen molar-refractivity contribution in [2.75, 3.05) is 7.05 Å². The van der Waals surface area contributed by atoms with Gasteiger partial charge in [-0.05, 0) is 12.2 Å².